The largest absolute Gasteiger partial charge is 0.488 e. The van der Waals surface area contributed by atoms with Gasteiger partial charge in [-0.1, -0.05) is 31.2 Å². The molecule has 0 aromatic heterocycles. The van der Waals surface area contributed by atoms with Gasteiger partial charge in [-0.25, -0.2) is 26.3 Å². The number of allylic oxidation sites excluding steroid dienone is 2. The first kappa shape index (κ1) is 34.0. The van der Waals surface area contributed by atoms with E-state index in [0.717, 1.165) is 61.7 Å². The Bertz CT molecular complexity index is 1730. The molecule has 1 aliphatic rings. The molecule has 5 rings (SSSR count). The third-order valence-electron chi connectivity index (χ3n) is 8.31. The predicted molar refractivity (Wildman–Crippen MR) is 163 cm³/mol. The zero-order chi connectivity index (χ0) is 33.9. The Hall–Kier alpha value is -4.34. The fraction of sp³-hybridized carbons (Fsp3) is 0.297. The van der Waals surface area contributed by atoms with Gasteiger partial charge in [0.1, 0.15) is 34.6 Å². The number of ether oxygens (including phenoxy) is 2. The van der Waals surface area contributed by atoms with Gasteiger partial charge in [0.2, 0.25) is 0 Å². The topological polar surface area (TPSA) is 18.5 Å². The molecule has 0 unspecified atom stereocenters. The van der Waals surface area contributed by atoms with Crippen LogP contribution in [0.5, 0.6) is 11.5 Å². The van der Waals surface area contributed by atoms with Crippen LogP contribution in [-0.4, -0.2) is 6.61 Å². The molecule has 4 aromatic rings. The van der Waals surface area contributed by atoms with Crippen molar-refractivity contribution in [2.24, 2.45) is 5.92 Å². The van der Waals surface area contributed by atoms with Crippen LogP contribution in [0.2, 0.25) is 0 Å². The Morgan fingerprint density at radius 2 is 1.26 bits per heavy atom. The van der Waals surface area contributed by atoms with Crippen molar-refractivity contribution in [1.82, 2.24) is 0 Å². The number of hydrogen-bond acceptors (Lipinski definition) is 2. The first-order valence-electron chi connectivity index (χ1n) is 15.4. The molecule has 0 amide bonds. The number of alkyl halides is 2. The van der Waals surface area contributed by atoms with E-state index in [4.69, 9.17) is 4.74 Å². The summed E-state index contributed by atoms with van der Waals surface area (Å²) in [7, 11) is 0. The third-order valence-corrected chi connectivity index (χ3v) is 8.31. The first-order chi connectivity index (χ1) is 22.4. The zero-order valence-corrected chi connectivity index (χ0v) is 25.7. The highest BCUT2D eigenvalue weighted by molar-refractivity contribution is 5.72. The van der Waals surface area contributed by atoms with E-state index in [1.165, 1.54) is 12.1 Å². The van der Waals surface area contributed by atoms with Crippen LogP contribution in [0.3, 0.4) is 0 Å². The molecule has 47 heavy (non-hydrogen) atoms. The van der Waals surface area contributed by atoms with Crippen molar-refractivity contribution in [2.75, 3.05) is 6.61 Å². The Labute approximate surface area is 267 Å². The Balaban J connectivity index is 1.32. The van der Waals surface area contributed by atoms with Crippen molar-refractivity contribution >= 4 is 0 Å². The normalized spacial score (nSPS) is 16.9. The molecule has 0 radical (unpaired) electrons. The molecule has 0 aliphatic heterocycles. The molecule has 0 atom stereocenters. The molecular weight excluding hydrogens is 628 g/mol. The van der Waals surface area contributed by atoms with Gasteiger partial charge in [0, 0.05) is 17.2 Å². The summed E-state index contributed by atoms with van der Waals surface area (Å²) in [5, 5.41) is 0. The molecule has 10 heteroatoms. The van der Waals surface area contributed by atoms with Crippen molar-refractivity contribution in [3.05, 3.63) is 119 Å². The van der Waals surface area contributed by atoms with E-state index in [-0.39, 0.29) is 34.8 Å². The summed E-state index contributed by atoms with van der Waals surface area (Å²) >= 11 is 0. The minimum atomic E-state index is -4.49. The molecule has 4 aromatic carbocycles. The van der Waals surface area contributed by atoms with Crippen molar-refractivity contribution in [2.45, 2.75) is 58.0 Å². The summed E-state index contributed by atoms with van der Waals surface area (Å²) in [5.41, 5.74) is -1.83. The van der Waals surface area contributed by atoms with Gasteiger partial charge in [-0.2, -0.15) is 8.78 Å². The second-order valence-electron chi connectivity index (χ2n) is 11.5. The van der Waals surface area contributed by atoms with Crippen molar-refractivity contribution < 1.29 is 44.6 Å². The van der Waals surface area contributed by atoms with E-state index in [2.05, 4.69) is 16.9 Å². The van der Waals surface area contributed by atoms with Crippen LogP contribution >= 0.6 is 0 Å². The number of hydrogen-bond donors (Lipinski definition) is 0. The summed E-state index contributed by atoms with van der Waals surface area (Å²) in [6.07, 6.45) is 3.63. The fourth-order valence-corrected chi connectivity index (χ4v) is 5.99. The Kier molecular flexibility index (Phi) is 10.3. The second-order valence-corrected chi connectivity index (χ2v) is 11.5. The van der Waals surface area contributed by atoms with Crippen molar-refractivity contribution in [3.8, 4) is 33.8 Å². The van der Waals surface area contributed by atoms with Gasteiger partial charge in [0.15, 0.2) is 17.4 Å². The van der Waals surface area contributed by atoms with E-state index in [1.807, 2.05) is 6.92 Å². The van der Waals surface area contributed by atoms with Gasteiger partial charge in [0.05, 0.1) is 6.61 Å². The number of benzene rings is 4. The van der Waals surface area contributed by atoms with Gasteiger partial charge in [0.25, 0.3) is 0 Å². The van der Waals surface area contributed by atoms with Crippen LogP contribution in [0.4, 0.5) is 35.1 Å². The third kappa shape index (κ3) is 7.47. The molecule has 248 valence electrons. The Morgan fingerprint density at radius 1 is 0.681 bits per heavy atom. The summed E-state index contributed by atoms with van der Waals surface area (Å²) in [4.78, 5) is 0. The van der Waals surface area contributed by atoms with Crippen LogP contribution in [0.15, 0.2) is 72.8 Å². The van der Waals surface area contributed by atoms with Crippen LogP contribution in [0, 0.1) is 40.8 Å². The maximum Gasteiger partial charge on any atom is 0.432 e. The van der Waals surface area contributed by atoms with Crippen LogP contribution in [-0.2, 0) is 6.11 Å². The van der Waals surface area contributed by atoms with Gasteiger partial charge in [-0.3, -0.25) is 0 Å². The SMILES string of the molecule is CC/C=C/C1CCC(c2cc(F)c(C(F)(F)Oc3ccc(-c4ccc(-c5cc(F)c(OCC)c(F)c5)c(F)c4)c(F)c3)c(F)c2)CC1. The smallest absolute Gasteiger partial charge is 0.432 e. The molecule has 0 N–H and O–H groups in total. The molecule has 0 heterocycles. The predicted octanol–water partition coefficient (Wildman–Crippen LogP) is 11.6. The van der Waals surface area contributed by atoms with E-state index in [0.29, 0.717) is 30.4 Å². The van der Waals surface area contributed by atoms with Gasteiger partial charge in [-0.15, -0.1) is 0 Å². The highest BCUT2D eigenvalue weighted by Crippen LogP contribution is 2.41. The van der Waals surface area contributed by atoms with E-state index >= 15 is 17.6 Å². The van der Waals surface area contributed by atoms with Gasteiger partial charge < -0.3 is 9.47 Å². The van der Waals surface area contributed by atoms with Crippen LogP contribution < -0.4 is 9.47 Å². The summed E-state index contributed by atoms with van der Waals surface area (Å²) in [5.74, 6) is -8.15. The lowest BCUT2D eigenvalue weighted by atomic mass is 9.78. The summed E-state index contributed by atoms with van der Waals surface area (Å²) in [6.45, 7) is 3.60. The van der Waals surface area contributed by atoms with Crippen LogP contribution in [0.1, 0.15) is 63.0 Å². The van der Waals surface area contributed by atoms with E-state index in [1.54, 1.807) is 6.92 Å². The van der Waals surface area contributed by atoms with Crippen LogP contribution in [0.25, 0.3) is 22.3 Å². The quantitative estimate of drug-likeness (QED) is 0.125. The van der Waals surface area contributed by atoms with Gasteiger partial charge in [-0.05, 0) is 110 Å². The molecule has 1 aliphatic carbocycles. The maximum absolute atomic E-state index is 15.1. The zero-order valence-electron chi connectivity index (χ0n) is 25.7. The Morgan fingerprint density at radius 3 is 1.83 bits per heavy atom. The lowest BCUT2D eigenvalue weighted by Crippen LogP contribution is -2.25. The second kappa shape index (κ2) is 14.2. The molecule has 1 saturated carbocycles. The molecular formula is C37H32F8O2. The highest BCUT2D eigenvalue weighted by Gasteiger charge is 2.41. The minimum absolute atomic E-state index is 0.0165. The lowest BCUT2D eigenvalue weighted by molar-refractivity contribution is -0.189. The molecule has 2 nitrogen and oxygen atoms in total. The standard InChI is InChI=1S/C37H32F8O2/c1-3-5-6-21-7-9-22(10-8-21)24-16-31(40)35(32(41)17-24)37(44,45)47-26-12-14-27(30(39)20-26)23-11-13-28(29(38)15-23)25-18-33(42)36(46-4-2)34(43)19-25/h5-6,11-22H,3-4,7-10H2,1-2H3/b6-5+. The van der Waals surface area contributed by atoms with Crippen molar-refractivity contribution in [1.29, 1.82) is 0 Å². The lowest BCUT2D eigenvalue weighted by Gasteiger charge is -2.28. The summed E-state index contributed by atoms with van der Waals surface area (Å²) < 4.78 is 128. The molecule has 0 spiro atoms. The van der Waals surface area contributed by atoms with E-state index < -0.39 is 58.1 Å². The van der Waals surface area contributed by atoms with Gasteiger partial charge >= 0.3 is 6.11 Å². The highest BCUT2D eigenvalue weighted by atomic mass is 19.3. The van der Waals surface area contributed by atoms with E-state index in [9.17, 15) is 17.6 Å². The fourth-order valence-electron chi connectivity index (χ4n) is 5.99. The van der Waals surface area contributed by atoms with Crippen molar-refractivity contribution in [3.63, 3.8) is 0 Å². The maximum atomic E-state index is 15.1. The summed E-state index contributed by atoms with van der Waals surface area (Å²) in [6, 6.07) is 9.54. The average molecular weight is 661 g/mol. The minimum Gasteiger partial charge on any atom is -0.488 e. The first-order valence-corrected chi connectivity index (χ1v) is 15.4. The number of halogens is 8. The monoisotopic (exact) mass is 660 g/mol. The average Bonchev–Trinajstić information content (AvgIpc) is 3.01. The molecule has 0 saturated heterocycles. The molecule has 1 fully saturated rings. The molecule has 0 bridgehead atoms. The number of rotatable bonds is 10.